The highest BCUT2D eigenvalue weighted by molar-refractivity contribution is 5.78. The van der Waals surface area contributed by atoms with Gasteiger partial charge in [-0.1, -0.05) is 49.6 Å². The molecule has 3 nitrogen and oxygen atoms in total. The van der Waals surface area contributed by atoms with Gasteiger partial charge in [-0.05, 0) is 37.5 Å². The third kappa shape index (κ3) is 4.25. The molecule has 0 aliphatic heterocycles. The smallest absolute Gasteiger partial charge is 0.226 e. The van der Waals surface area contributed by atoms with Crippen molar-refractivity contribution in [3.63, 3.8) is 0 Å². The minimum atomic E-state index is 0.184. The number of nitrogens with zero attached hydrogens (tertiary/aromatic N) is 1. The lowest BCUT2D eigenvalue weighted by atomic mass is 9.88. The van der Waals surface area contributed by atoms with E-state index in [1.807, 2.05) is 42.2 Å². The zero-order chi connectivity index (χ0) is 16.1. The Balaban J connectivity index is 1.75. The van der Waals surface area contributed by atoms with E-state index in [1.54, 1.807) is 0 Å². The topological polar surface area (TPSA) is 33.5 Å². The van der Waals surface area contributed by atoms with Crippen LogP contribution < -0.4 is 0 Å². The maximum Gasteiger partial charge on any atom is 0.226 e. The summed E-state index contributed by atoms with van der Waals surface area (Å²) in [5, 5.41) is 0. The molecule has 0 radical (unpaired) electrons. The summed E-state index contributed by atoms with van der Waals surface area (Å²) >= 11 is 0. The largest absolute Gasteiger partial charge is 0.464 e. The molecule has 1 aliphatic carbocycles. The summed E-state index contributed by atoms with van der Waals surface area (Å²) < 4.78 is 5.70. The quantitative estimate of drug-likeness (QED) is 0.802. The maximum atomic E-state index is 13.0. The van der Waals surface area contributed by atoms with Crippen LogP contribution in [0.25, 0.3) is 0 Å². The van der Waals surface area contributed by atoms with Crippen molar-refractivity contribution in [1.29, 1.82) is 0 Å². The van der Waals surface area contributed by atoms with E-state index < -0.39 is 0 Å². The van der Waals surface area contributed by atoms with Gasteiger partial charge in [-0.25, -0.2) is 0 Å². The average Bonchev–Trinajstić information content (AvgIpc) is 3.00. The van der Waals surface area contributed by atoms with Crippen LogP contribution in [0.5, 0.6) is 0 Å². The number of carbonyl (C=O) groups excluding carboxylic acids is 1. The molecule has 1 aliphatic rings. The van der Waals surface area contributed by atoms with Crippen LogP contribution in [0.15, 0.2) is 46.9 Å². The first kappa shape index (κ1) is 15.9. The lowest BCUT2D eigenvalue weighted by Gasteiger charge is -2.29. The Bertz CT molecular complexity index is 626. The van der Waals surface area contributed by atoms with E-state index in [0.29, 0.717) is 13.1 Å². The molecule has 0 N–H and O–H groups in total. The second-order valence-corrected chi connectivity index (χ2v) is 6.53. The van der Waals surface area contributed by atoms with Crippen LogP contribution in [0.4, 0.5) is 0 Å². The van der Waals surface area contributed by atoms with Gasteiger partial charge in [0.2, 0.25) is 5.91 Å². The normalized spacial score (nSPS) is 15.5. The highest BCUT2D eigenvalue weighted by Crippen LogP contribution is 2.27. The first-order valence-electron chi connectivity index (χ1n) is 8.60. The van der Waals surface area contributed by atoms with E-state index in [-0.39, 0.29) is 11.8 Å². The molecule has 1 fully saturated rings. The van der Waals surface area contributed by atoms with Crippen molar-refractivity contribution < 1.29 is 9.21 Å². The summed E-state index contributed by atoms with van der Waals surface area (Å²) in [5.41, 5.74) is 1.17. The molecule has 1 saturated carbocycles. The molecule has 3 rings (SSSR count). The maximum absolute atomic E-state index is 13.0. The Morgan fingerprint density at radius 3 is 2.43 bits per heavy atom. The van der Waals surface area contributed by atoms with Crippen molar-refractivity contribution in [3.8, 4) is 0 Å². The SMILES string of the molecule is Cc1ccc(CN(Cc2ccccc2)C(=O)C2CCCCC2)o1. The van der Waals surface area contributed by atoms with Gasteiger partial charge in [0.25, 0.3) is 0 Å². The predicted octanol–water partition coefficient (Wildman–Crippen LogP) is 4.70. The van der Waals surface area contributed by atoms with Crippen molar-refractivity contribution in [1.82, 2.24) is 4.90 Å². The van der Waals surface area contributed by atoms with E-state index >= 15 is 0 Å². The van der Waals surface area contributed by atoms with Gasteiger partial charge >= 0.3 is 0 Å². The number of benzene rings is 1. The molecule has 2 aromatic rings. The zero-order valence-electron chi connectivity index (χ0n) is 13.8. The summed E-state index contributed by atoms with van der Waals surface area (Å²) in [6.07, 6.45) is 5.67. The standard InChI is InChI=1S/C20H25NO2/c1-16-12-13-19(23-16)15-21(14-17-8-4-2-5-9-17)20(22)18-10-6-3-7-11-18/h2,4-5,8-9,12-13,18H,3,6-7,10-11,14-15H2,1H3. The zero-order valence-corrected chi connectivity index (χ0v) is 13.8. The number of carbonyl (C=O) groups is 1. The Kier molecular flexibility index (Phi) is 5.16. The third-order valence-electron chi connectivity index (χ3n) is 4.63. The number of rotatable bonds is 5. The molecule has 1 aromatic carbocycles. The summed E-state index contributed by atoms with van der Waals surface area (Å²) in [7, 11) is 0. The van der Waals surface area contributed by atoms with Gasteiger partial charge in [0.1, 0.15) is 11.5 Å². The number of hydrogen-bond donors (Lipinski definition) is 0. The predicted molar refractivity (Wildman–Crippen MR) is 90.7 cm³/mol. The number of aryl methyl sites for hydroxylation is 1. The first-order valence-corrected chi connectivity index (χ1v) is 8.60. The second-order valence-electron chi connectivity index (χ2n) is 6.53. The third-order valence-corrected chi connectivity index (χ3v) is 4.63. The van der Waals surface area contributed by atoms with Crippen LogP contribution in [-0.2, 0) is 17.9 Å². The average molecular weight is 311 g/mol. The van der Waals surface area contributed by atoms with Crippen LogP contribution in [-0.4, -0.2) is 10.8 Å². The fourth-order valence-corrected chi connectivity index (χ4v) is 3.38. The second kappa shape index (κ2) is 7.49. The molecule has 1 heterocycles. The molecule has 3 heteroatoms. The summed E-state index contributed by atoms with van der Waals surface area (Å²) in [4.78, 5) is 15.0. The van der Waals surface area contributed by atoms with E-state index in [2.05, 4.69) is 12.1 Å². The van der Waals surface area contributed by atoms with E-state index in [4.69, 9.17) is 4.42 Å². The molecule has 0 saturated heterocycles. The molecule has 1 aromatic heterocycles. The van der Waals surface area contributed by atoms with Crippen molar-refractivity contribution >= 4 is 5.91 Å². The first-order chi connectivity index (χ1) is 11.2. The number of amides is 1. The number of hydrogen-bond acceptors (Lipinski definition) is 2. The fraction of sp³-hybridized carbons (Fsp3) is 0.450. The number of furan rings is 1. The molecule has 0 bridgehead atoms. The Hall–Kier alpha value is -2.03. The Morgan fingerprint density at radius 2 is 1.78 bits per heavy atom. The molecule has 23 heavy (non-hydrogen) atoms. The minimum absolute atomic E-state index is 0.184. The van der Waals surface area contributed by atoms with Crippen molar-refractivity contribution in [2.75, 3.05) is 0 Å². The van der Waals surface area contributed by atoms with E-state index in [1.165, 1.54) is 24.8 Å². The Labute approximate surface area is 138 Å². The van der Waals surface area contributed by atoms with Gasteiger partial charge in [0, 0.05) is 12.5 Å². The van der Waals surface area contributed by atoms with Gasteiger partial charge in [0.05, 0.1) is 6.54 Å². The molecule has 1 amide bonds. The highest BCUT2D eigenvalue weighted by atomic mass is 16.3. The van der Waals surface area contributed by atoms with Crippen molar-refractivity contribution in [3.05, 3.63) is 59.5 Å². The highest BCUT2D eigenvalue weighted by Gasteiger charge is 2.26. The summed E-state index contributed by atoms with van der Waals surface area (Å²) in [6.45, 7) is 3.14. The van der Waals surface area contributed by atoms with Crippen molar-refractivity contribution in [2.24, 2.45) is 5.92 Å². The van der Waals surface area contributed by atoms with Crippen LogP contribution in [0.1, 0.15) is 49.2 Å². The molecule has 0 unspecified atom stereocenters. The van der Waals surface area contributed by atoms with E-state index in [9.17, 15) is 4.79 Å². The van der Waals surface area contributed by atoms with Crippen LogP contribution in [0.2, 0.25) is 0 Å². The molecular formula is C20H25NO2. The molecule has 0 spiro atoms. The molecule has 122 valence electrons. The summed E-state index contributed by atoms with van der Waals surface area (Å²) in [6, 6.07) is 14.1. The monoisotopic (exact) mass is 311 g/mol. The van der Waals surface area contributed by atoms with Gasteiger partial charge in [0.15, 0.2) is 0 Å². The van der Waals surface area contributed by atoms with Gasteiger partial charge in [-0.2, -0.15) is 0 Å². The lowest BCUT2D eigenvalue weighted by Crippen LogP contribution is -2.36. The van der Waals surface area contributed by atoms with Gasteiger partial charge in [-0.15, -0.1) is 0 Å². The van der Waals surface area contributed by atoms with Crippen LogP contribution in [0.3, 0.4) is 0 Å². The minimum Gasteiger partial charge on any atom is -0.464 e. The van der Waals surface area contributed by atoms with Gasteiger partial charge in [-0.3, -0.25) is 4.79 Å². The molecular weight excluding hydrogens is 286 g/mol. The van der Waals surface area contributed by atoms with Crippen molar-refractivity contribution in [2.45, 2.75) is 52.1 Å². The van der Waals surface area contributed by atoms with Gasteiger partial charge < -0.3 is 9.32 Å². The molecule has 0 atom stereocenters. The Morgan fingerprint density at radius 1 is 1.04 bits per heavy atom. The van der Waals surface area contributed by atoms with Crippen LogP contribution >= 0.6 is 0 Å². The summed E-state index contributed by atoms with van der Waals surface area (Å²) in [5.74, 6) is 2.22. The van der Waals surface area contributed by atoms with E-state index in [0.717, 1.165) is 24.4 Å². The van der Waals surface area contributed by atoms with Crippen LogP contribution in [0, 0.1) is 12.8 Å². The fourth-order valence-electron chi connectivity index (χ4n) is 3.38. The lowest BCUT2D eigenvalue weighted by molar-refractivity contribution is -0.138.